The molecule has 0 unspecified atom stereocenters. The first kappa shape index (κ1) is 53.7. The number of furan rings is 1. The molecular formula is C44B28O. The minimum atomic E-state index is -0.284. The van der Waals surface area contributed by atoms with Crippen molar-refractivity contribution in [2.75, 3.05) is 0 Å². The maximum absolute atomic E-state index is 7.20. The van der Waals surface area contributed by atoms with Gasteiger partial charge in [-0.25, -0.2) is 0 Å². The van der Waals surface area contributed by atoms with Gasteiger partial charge in [0.1, 0.15) is 231 Å². The number of fused-ring (bicyclic) bond motifs is 5. The molecule has 56 radical (unpaired) electrons. The second kappa shape index (κ2) is 18.3. The van der Waals surface area contributed by atoms with Crippen molar-refractivity contribution in [2.24, 2.45) is 0 Å². The molecule has 29 heteroatoms. The molecule has 0 aliphatic rings. The van der Waals surface area contributed by atoms with Crippen molar-refractivity contribution in [2.45, 2.75) is 0 Å². The van der Waals surface area contributed by atoms with Crippen LogP contribution in [0.5, 0.6) is 0 Å². The lowest BCUT2D eigenvalue weighted by Gasteiger charge is -2.33. The second-order valence-electron chi connectivity index (χ2n) is 17.6. The molecule has 73 heavy (non-hydrogen) atoms. The number of hydrogen-bond donors (Lipinski definition) is 0. The van der Waals surface area contributed by atoms with Crippen molar-refractivity contribution >= 4 is 416 Å². The molecule has 0 bridgehead atoms. The van der Waals surface area contributed by atoms with Gasteiger partial charge in [-0.3, -0.25) is 0 Å². The summed E-state index contributed by atoms with van der Waals surface area (Å²) < 4.78 is 6.18. The zero-order valence-electron chi connectivity index (χ0n) is 38.6. The third-order valence-corrected chi connectivity index (χ3v) is 14.0. The van der Waals surface area contributed by atoms with Gasteiger partial charge in [0.15, 0.2) is 0 Å². The maximum Gasteiger partial charge on any atom is 0.128 e. The lowest BCUT2D eigenvalue weighted by atomic mass is 9.54. The van der Waals surface area contributed by atoms with Crippen LogP contribution in [0.15, 0.2) is 4.42 Å². The van der Waals surface area contributed by atoms with Crippen LogP contribution >= 0.6 is 0 Å². The van der Waals surface area contributed by atoms with E-state index in [1.165, 1.54) is 0 Å². The summed E-state index contributed by atoms with van der Waals surface area (Å²) in [5.41, 5.74) is -5.84. The third kappa shape index (κ3) is 7.09. The largest absolute Gasteiger partial charge is 0.457 e. The van der Waals surface area contributed by atoms with Gasteiger partial charge < -0.3 is 4.42 Å². The van der Waals surface area contributed by atoms with Crippen LogP contribution < -0.4 is 153 Å². The smallest absolute Gasteiger partial charge is 0.128 e. The van der Waals surface area contributed by atoms with Crippen LogP contribution in [0, 0.1) is 0 Å². The third-order valence-electron chi connectivity index (χ3n) is 14.0. The van der Waals surface area contributed by atoms with Crippen LogP contribution in [0.1, 0.15) is 0 Å². The highest BCUT2D eigenvalue weighted by atomic mass is 16.3. The fourth-order valence-corrected chi connectivity index (χ4v) is 9.95. The molecule has 1 heterocycles. The van der Waals surface area contributed by atoms with Crippen molar-refractivity contribution in [3.8, 4) is 44.5 Å². The lowest BCUT2D eigenvalue weighted by Crippen LogP contribution is -2.57. The van der Waals surface area contributed by atoms with Crippen LogP contribution in [0.2, 0.25) is 0 Å². The van der Waals surface area contributed by atoms with Gasteiger partial charge in [0.2, 0.25) is 0 Å². The fourth-order valence-electron chi connectivity index (χ4n) is 9.95. The average molecular weight is 847 g/mol. The van der Waals surface area contributed by atoms with E-state index < -0.39 is 0 Å². The SMILES string of the molecule is [B]c1c([B])c([B])c(-c2c([B])c([B])c([B])c(-c3c4c([B])c([B])c([B])c([B])c4c(-c4c([B])c([B])c(-c5c([B])c([B])c([B])c6oc7c([B])c([B])c([B])c([B])c7c56)c([B])c4[B])c4c([B])c([B])c([B])c([B])c34)c2[B])c([B])c1[B]. The van der Waals surface area contributed by atoms with Crippen LogP contribution in [0.25, 0.3) is 88.0 Å². The Morgan fingerprint density at radius 3 is 0.658 bits per heavy atom. The van der Waals surface area contributed by atoms with E-state index in [-0.39, 0.29) is 241 Å². The van der Waals surface area contributed by atoms with E-state index in [9.17, 15) is 0 Å². The molecule has 266 valence electrons. The Hall–Kier alpha value is -4.10. The van der Waals surface area contributed by atoms with Gasteiger partial charge in [0, 0.05) is 10.8 Å². The van der Waals surface area contributed by atoms with E-state index in [2.05, 4.69) is 0 Å². The van der Waals surface area contributed by atoms with Crippen molar-refractivity contribution in [1.82, 2.24) is 0 Å². The summed E-state index contributed by atoms with van der Waals surface area (Å²) in [6.07, 6.45) is 0. The Balaban J connectivity index is 1.54. The molecule has 0 spiro atoms. The molecule has 0 aliphatic carbocycles. The van der Waals surface area contributed by atoms with Crippen LogP contribution in [0.3, 0.4) is 0 Å². The van der Waals surface area contributed by atoms with E-state index >= 15 is 0 Å². The molecule has 1 nitrogen and oxygen atoms in total. The van der Waals surface area contributed by atoms with Crippen molar-refractivity contribution in [1.29, 1.82) is 0 Å². The monoisotopic (exact) mass is 852 g/mol. The first-order chi connectivity index (χ1) is 34.0. The average Bonchev–Trinajstić information content (AvgIpc) is 3.76. The second-order valence-corrected chi connectivity index (χ2v) is 17.6. The highest BCUT2D eigenvalue weighted by Gasteiger charge is 2.31. The van der Waals surface area contributed by atoms with Gasteiger partial charge in [-0.1, -0.05) is 92.9 Å². The number of rotatable bonds is 4. The molecule has 9 rings (SSSR count). The van der Waals surface area contributed by atoms with E-state index in [1.54, 1.807) is 0 Å². The Morgan fingerprint density at radius 2 is 0.301 bits per heavy atom. The molecule has 0 atom stereocenters. The summed E-state index contributed by atoms with van der Waals surface area (Å²) in [7, 11) is 188. The molecule has 0 amide bonds. The van der Waals surface area contributed by atoms with Gasteiger partial charge in [0.25, 0.3) is 0 Å². The minimum Gasteiger partial charge on any atom is -0.457 e. The molecule has 0 saturated heterocycles. The van der Waals surface area contributed by atoms with Gasteiger partial charge in [-0.05, 0) is 66.1 Å². The molecule has 9 aromatic rings. The summed E-state index contributed by atoms with van der Waals surface area (Å²) in [5.74, 6) is 0. The lowest BCUT2D eigenvalue weighted by molar-refractivity contribution is 0.675. The fraction of sp³-hybridized carbons (Fsp3) is 0. The van der Waals surface area contributed by atoms with E-state index in [4.69, 9.17) is 224 Å². The quantitative estimate of drug-likeness (QED) is 0.127. The molecule has 0 N–H and O–H groups in total. The molecule has 0 fully saturated rings. The first-order valence-corrected chi connectivity index (χ1v) is 21.2. The predicted molar refractivity (Wildman–Crippen MR) is 341 cm³/mol. The molecule has 0 saturated carbocycles. The molecular weight excluding hydrogens is 847 g/mol. The van der Waals surface area contributed by atoms with Gasteiger partial charge >= 0.3 is 0 Å². The Bertz CT molecular complexity index is 3980. The molecule has 8 aromatic carbocycles. The van der Waals surface area contributed by atoms with Crippen LogP contribution in [0.4, 0.5) is 0 Å². The van der Waals surface area contributed by atoms with Gasteiger partial charge in [-0.2, -0.15) is 0 Å². The Labute approximate surface area is 461 Å². The summed E-state index contributed by atoms with van der Waals surface area (Å²) >= 11 is 0. The van der Waals surface area contributed by atoms with E-state index in [0.29, 0.717) is 0 Å². The van der Waals surface area contributed by atoms with Gasteiger partial charge in [-0.15, -0.1) is 60.1 Å². The number of benzene rings is 8. The molecule has 1 aromatic heterocycles. The minimum absolute atomic E-state index is 0.00958. The summed E-state index contributed by atoms with van der Waals surface area (Å²) in [6, 6.07) is 0. The van der Waals surface area contributed by atoms with Crippen LogP contribution in [-0.2, 0) is 0 Å². The van der Waals surface area contributed by atoms with E-state index in [0.717, 1.165) is 0 Å². The van der Waals surface area contributed by atoms with Gasteiger partial charge in [0.05, 0.1) is 0 Å². The topological polar surface area (TPSA) is 13.1 Å². The van der Waals surface area contributed by atoms with E-state index in [1.807, 2.05) is 0 Å². The molecule has 0 aliphatic heterocycles. The summed E-state index contributed by atoms with van der Waals surface area (Å²) in [4.78, 5) is 0. The Morgan fingerprint density at radius 1 is 0.123 bits per heavy atom. The first-order valence-electron chi connectivity index (χ1n) is 21.2. The summed E-state index contributed by atoms with van der Waals surface area (Å²) in [6.45, 7) is 0. The highest BCUT2D eigenvalue weighted by Crippen LogP contribution is 2.39. The van der Waals surface area contributed by atoms with Crippen molar-refractivity contribution in [3.05, 3.63) is 0 Å². The summed E-state index contributed by atoms with van der Waals surface area (Å²) in [5, 5.41) is 0.0223. The van der Waals surface area contributed by atoms with Crippen molar-refractivity contribution < 1.29 is 4.42 Å². The zero-order valence-corrected chi connectivity index (χ0v) is 38.6. The normalized spacial score (nSPS) is 11.7. The highest BCUT2D eigenvalue weighted by molar-refractivity contribution is 6.77. The Kier molecular flexibility index (Phi) is 13.5. The standard InChI is InChI=1S/C44B28O/c45-15-9(25(55)30(60)26(56)12(15)13-27(57)35(65)39(69)36(66)28(13)58)1-3-5(18(48)33(63)31(61)16(3)46)2(6-4(1)17(47)32(62)34(64)19(6)49)10-21(51)23(53)11(24(54)22(10)52)7-8-14-29(59)37(67)40(70)42(72)44(14)73-43(8)41(71)38(68)20(7)50. The zero-order chi connectivity index (χ0) is 54.1. The predicted octanol–water partition coefficient (Wildman–Crippen LogP) is -21.2. The van der Waals surface area contributed by atoms with Crippen LogP contribution in [-0.4, -0.2) is 220 Å². The maximum atomic E-state index is 7.20. The number of hydrogen-bond acceptors (Lipinski definition) is 1. The van der Waals surface area contributed by atoms with Crippen molar-refractivity contribution in [3.63, 3.8) is 0 Å².